The van der Waals surface area contributed by atoms with Crippen LogP contribution < -0.4 is 0 Å². The van der Waals surface area contributed by atoms with E-state index in [0.29, 0.717) is 0 Å². The van der Waals surface area contributed by atoms with Crippen molar-refractivity contribution in [2.75, 3.05) is 0 Å². The Morgan fingerprint density at radius 3 is 0.387 bits per heavy atom. The quantitative estimate of drug-likeness (QED) is 0.0514. The van der Waals surface area contributed by atoms with Crippen LogP contribution in [-0.2, 0) is 0 Å². The molecule has 29 rings (SSSR count). The third-order valence-electron chi connectivity index (χ3n) is 31.3. The highest BCUT2D eigenvalue weighted by Gasteiger charge is 2.40. The van der Waals surface area contributed by atoms with Gasteiger partial charge in [0.1, 0.15) is 0 Å². The molecule has 29 aromatic rings. The molecule has 0 saturated carbocycles. The first-order valence-corrected chi connectivity index (χ1v) is 59.0. The van der Waals surface area contributed by atoms with Gasteiger partial charge in [0.25, 0.3) is 0 Å². The maximum absolute atomic E-state index is 2.99. The molecule has 29 aromatic carbocycles. The summed E-state index contributed by atoms with van der Waals surface area (Å²) in [6.07, 6.45) is 0. The molecule has 0 aromatic heterocycles. The molecule has 0 aliphatic heterocycles. The van der Waals surface area contributed by atoms with E-state index in [0.717, 1.165) is 89.0 Å². The third kappa shape index (κ3) is 14.7. The van der Waals surface area contributed by atoms with Gasteiger partial charge >= 0.3 is 0 Å². The van der Waals surface area contributed by atoms with Crippen molar-refractivity contribution in [3.05, 3.63) is 502 Å². The molecule has 0 atom stereocenters. The van der Waals surface area contributed by atoms with Gasteiger partial charge in [-0.05, 0) is 395 Å². The van der Waals surface area contributed by atoms with E-state index in [-0.39, 0.29) is 0 Å². The van der Waals surface area contributed by atoms with Crippen molar-refractivity contribution in [3.8, 4) is 178 Å². The monoisotopic (exact) mass is 2800 g/mol. The highest BCUT2D eigenvalue weighted by Crippen LogP contribution is 2.67. The van der Waals surface area contributed by atoms with Gasteiger partial charge in [-0.15, -0.1) is 0 Å². The van der Waals surface area contributed by atoms with E-state index >= 15 is 0 Å². The maximum atomic E-state index is 2.99. The predicted molar refractivity (Wildman–Crippen MR) is 710 cm³/mol. The summed E-state index contributed by atoms with van der Waals surface area (Å²) in [6.45, 7) is 0. The first-order chi connectivity index (χ1) is 73.8. The molecule has 0 amide bonds. The largest absolute Gasteiger partial charge is 0.0622 e. The lowest BCUT2D eigenvalue weighted by atomic mass is 9.73. The molecule has 8 heteroatoms. The Morgan fingerprint density at radius 1 is 0.0800 bits per heavy atom. The zero-order chi connectivity index (χ0) is 100. The molecule has 0 N–H and O–H groups in total. The Kier molecular flexibility index (Phi) is 23.5. The van der Waals surface area contributed by atoms with Crippen LogP contribution in [-0.4, -0.2) is 0 Å². The lowest BCUT2D eigenvalue weighted by Crippen LogP contribution is -2.07. The van der Waals surface area contributed by atoms with Gasteiger partial charge in [-0.1, -0.05) is 425 Å². The molecule has 0 aliphatic rings. The molecule has 0 saturated heterocycles. The minimum Gasteiger partial charge on any atom is -0.0622 e. The first kappa shape index (κ1) is 93.4. The van der Waals surface area contributed by atoms with Gasteiger partial charge in [0.05, 0.1) is 0 Å². The Labute approximate surface area is 977 Å². The smallest absolute Gasteiger partial charge is 0.0300 e. The topological polar surface area (TPSA) is 0 Å². The second-order valence-corrected chi connectivity index (χ2v) is 47.9. The first-order valence-electron chi connectivity index (χ1n) is 50.4. The number of hydrogen-bond acceptors (Lipinski definition) is 0. The van der Waals surface area contributed by atoms with Crippen LogP contribution in [0.3, 0.4) is 0 Å². The summed E-state index contributed by atoms with van der Waals surface area (Å²) in [4.78, 5) is 0. The Bertz CT molecular complexity index is 10000. The third-order valence-corrected chi connectivity index (χ3v) is 40.0. The molecule has 0 fully saturated rings. The molecule has 702 valence electrons. The second kappa shape index (κ2) is 37.7. The molecule has 0 unspecified atom stereocenters. The fourth-order valence-corrected chi connectivity index (χ4v) is 33.8. The molecule has 0 radical (unpaired) electrons. The molecule has 150 heavy (non-hydrogen) atoms. The van der Waals surface area contributed by atoms with Crippen LogP contribution in [0.5, 0.6) is 0 Å². The summed E-state index contributed by atoms with van der Waals surface area (Å²) in [5, 5.41) is 29.6. The zero-order valence-electron chi connectivity index (χ0n) is 80.1. The van der Waals surface area contributed by atoms with E-state index in [1.54, 1.807) is 0 Å². The molecule has 0 bridgehead atoms. The van der Waals surface area contributed by atoms with Gasteiger partial charge in [0.2, 0.25) is 0 Å². The van der Waals surface area contributed by atoms with Gasteiger partial charge in [-0.3, -0.25) is 0 Å². The van der Waals surface area contributed by atoms with Gasteiger partial charge in [-0.2, -0.15) is 0 Å². The molecule has 0 nitrogen and oxygen atoms in total. The average Bonchev–Trinajstić information content (AvgIpc) is 0.641. The SMILES string of the molecule is Ic1c(-c2cccc(-c3ccccc3)c2)c2c3c(I)c(-c4cccc(-c5ccccc5)c4)c4c5c(I)c(-c6cccc(-c7ccccc7)c6)c6c7c(I)c(-c8cccc(-c9ccccc9)c8)c8cccc9c(I)c(-c%10cccc(-c%11ccccc%11)c%10)c(c%10c(I)c(-c%11cccc(-c%12ccccc%12)c%11)c(c%11c(I)c(-c%12cccc(-c%13ccccc%13)c%12)c(c%12c(I)c(-c%13cccc(-c%14ccccc%14)c%13)c%13cccc1c%13c2%12)c3c%114)c5c%106)c7c98. The van der Waals surface area contributed by atoms with Crippen LogP contribution in [0.25, 0.3) is 307 Å². The predicted octanol–water partition coefficient (Wildman–Crippen LogP) is 44.8. The number of fused-ring (bicyclic) bond motifs is 6. The van der Waals surface area contributed by atoms with Gasteiger partial charge in [0, 0.05) is 170 Å². The normalized spacial score (nSPS) is 12.0. The standard InChI is InChI=1S/C142H78I8/c143-135-105-69-33-67-103-107(95-59-25-51-87(71-95)79-35-9-1-10-36-79)137(145)129-119-111(99-63-29-55-91(75-99)83-43-17-5-18-44-83)141(149)133-122-114(102-66-32-58-94(78-102)86-49-23-8-24-50-86)140(148)132-118-110(98-62-28-54-90(74-98)82-41-15-4-16-42-82)136(144)106-70-34-68-104-108(96-60-26-52-88(72-96)80-37-11-2-12-38-80)138(146)130(124(118)116(104)106)120-112(100-64-30-56-92(76-100)84-45-19-6-20-46-84)142(150)134(128(122)126(120)132)121-113(101-65-31-57-93(77-101)85-47-21-7-22-48-85)139(147)131(125(119)127(121)133)117(123(129)115(103)105)109(135)97-61-27-53-89(73-97)81-39-13-3-14-40-81/h1-78H. The summed E-state index contributed by atoms with van der Waals surface area (Å²) in [5.41, 5.74) is 37.4. The van der Waals surface area contributed by atoms with Crippen LogP contribution in [0.4, 0.5) is 0 Å². The fourth-order valence-electron chi connectivity index (χ4n) is 25.0. The highest BCUT2D eigenvalue weighted by atomic mass is 127. The lowest BCUT2D eigenvalue weighted by Gasteiger charge is -2.32. The molecule has 0 heterocycles. The van der Waals surface area contributed by atoms with E-state index in [1.807, 2.05) is 0 Å². The summed E-state index contributed by atoms with van der Waals surface area (Å²) in [7, 11) is 0. The molecular formula is C142H78I8. The van der Waals surface area contributed by atoms with Crippen LogP contribution >= 0.6 is 181 Å². The van der Waals surface area contributed by atoms with Crippen LogP contribution in [0.15, 0.2) is 473 Å². The summed E-state index contributed by atoms with van der Waals surface area (Å²) in [5.74, 6) is 0. The number of benzene rings is 29. The van der Waals surface area contributed by atoms with Crippen molar-refractivity contribution in [2.45, 2.75) is 0 Å². The van der Waals surface area contributed by atoms with E-state index < -0.39 is 0 Å². The van der Waals surface area contributed by atoms with Crippen molar-refractivity contribution in [3.63, 3.8) is 0 Å². The maximum Gasteiger partial charge on any atom is 0.0300 e. The van der Waals surface area contributed by atoms with Gasteiger partial charge in [-0.25, -0.2) is 0 Å². The van der Waals surface area contributed by atoms with Crippen molar-refractivity contribution in [1.29, 1.82) is 0 Å². The van der Waals surface area contributed by atoms with Gasteiger partial charge in [0.15, 0.2) is 0 Å². The Hall–Kier alpha value is -12.6. The van der Waals surface area contributed by atoms with Crippen LogP contribution in [0.2, 0.25) is 0 Å². The average molecular weight is 2800 g/mol. The number of hydrogen-bond donors (Lipinski definition) is 0. The number of rotatable bonds is 16. The lowest BCUT2D eigenvalue weighted by molar-refractivity contribution is 1.58. The van der Waals surface area contributed by atoms with Gasteiger partial charge < -0.3 is 0 Å². The zero-order valence-corrected chi connectivity index (χ0v) is 97.3. The molecule has 0 aliphatic carbocycles. The van der Waals surface area contributed by atoms with Crippen molar-refractivity contribution in [2.24, 2.45) is 0 Å². The fraction of sp³-hybridized carbons (Fsp3) is 0. The Balaban J connectivity index is 0.944. The number of halogens is 8. The van der Waals surface area contributed by atoms with Crippen molar-refractivity contribution in [1.82, 2.24) is 0 Å². The summed E-state index contributed by atoms with van der Waals surface area (Å²) >= 11 is 23.4. The van der Waals surface area contributed by atoms with E-state index in [2.05, 4.69) is 654 Å². The van der Waals surface area contributed by atoms with E-state index in [1.165, 1.54) is 247 Å². The van der Waals surface area contributed by atoms with Crippen LogP contribution in [0, 0.1) is 28.6 Å². The van der Waals surface area contributed by atoms with E-state index in [9.17, 15) is 0 Å². The second-order valence-electron chi connectivity index (χ2n) is 39.3. The molecular weight excluding hydrogens is 2720 g/mol. The van der Waals surface area contributed by atoms with Crippen molar-refractivity contribution >= 4 is 310 Å². The summed E-state index contributed by atoms with van der Waals surface area (Å²) < 4.78 is 9.51. The highest BCUT2D eigenvalue weighted by molar-refractivity contribution is 14.1. The summed E-state index contributed by atoms with van der Waals surface area (Å²) in [6, 6.07) is 180. The molecule has 0 spiro atoms. The minimum atomic E-state index is 1.14. The van der Waals surface area contributed by atoms with Crippen molar-refractivity contribution < 1.29 is 0 Å². The minimum absolute atomic E-state index is 1.14. The van der Waals surface area contributed by atoms with Crippen LogP contribution in [0.1, 0.15) is 0 Å². The van der Waals surface area contributed by atoms with E-state index in [4.69, 9.17) is 0 Å². The Morgan fingerprint density at radius 2 is 0.207 bits per heavy atom.